The van der Waals surface area contributed by atoms with Gasteiger partial charge in [0.2, 0.25) is 0 Å². The van der Waals surface area contributed by atoms with E-state index in [4.69, 9.17) is 32.7 Å². The van der Waals surface area contributed by atoms with Crippen molar-refractivity contribution in [2.75, 3.05) is 18.7 Å². The lowest BCUT2D eigenvalue weighted by molar-refractivity contribution is -0.119. The molecule has 1 aromatic rings. The van der Waals surface area contributed by atoms with Gasteiger partial charge >= 0.3 is 0 Å². The number of methoxy groups -OCH3 is 1. The molecule has 1 aliphatic carbocycles. The minimum absolute atomic E-state index is 0.00392. The molecule has 0 aromatic heterocycles. The molecule has 0 N–H and O–H groups in total. The lowest BCUT2D eigenvalue weighted by Crippen LogP contribution is -2.44. The molecule has 30 heavy (non-hydrogen) atoms. The Hall–Kier alpha value is -1.90. The molecule has 7 nitrogen and oxygen atoms in total. The van der Waals surface area contributed by atoms with E-state index in [0.717, 1.165) is 11.3 Å². The molecule has 3 atom stereocenters. The van der Waals surface area contributed by atoms with Crippen molar-refractivity contribution in [3.8, 4) is 5.75 Å². The average molecular weight is 518 g/mol. The Morgan fingerprint density at radius 3 is 2.20 bits per heavy atom. The lowest BCUT2D eigenvalue weighted by Gasteiger charge is -2.22. The molecule has 1 heterocycles. The van der Waals surface area contributed by atoms with Crippen LogP contribution in [0.5, 0.6) is 5.75 Å². The number of halogens is 3. The second kappa shape index (κ2) is 8.32. The van der Waals surface area contributed by atoms with E-state index in [2.05, 4.69) is 21.0 Å². The average Bonchev–Trinajstić information content (AvgIpc) is 3.02. The summed E-state index contributed by atoms with van der Waals surface area (Å²) >= 11 is 16.0. The van der Waals surface area contributed by atoms with Crippen molar-refractivity contribution < 1.29 is 23.9 Å². The Bertz CT molecular complexity index is 964. The molecule has 0 spiro atoms. The second-order valence-electron chi connectivity index (χ2n) is 7.19. The summed E-state index contributed by atoms with van der Waals surface area (Å²) in [6.07, 6.45) is 1.13. The zero-order valence-electron chi connectivity index (χ0n) is 16.7. The number of hydrogen-bond acceptors (Lipinski definition) is 6. The van der Waals surface area contributed by atoms with Gasteiger partial charge in [0.25, 0.3) is 5.91 Å². The van der Waals surface area contributed by atoms with Gasteiger partial charge in [-0.25, -0.2) is 0 Å². The third-order valence-electron chi connectivity index (χ3n) is 5.38. The molecular formula is C20H19BrCl2N2O5. The van der Waals surface area contributed by atoms with Crippen LogP contribution in [0.25, 0.3) is 0 Å². The first kappa shape index (κ1) is 22.8. The first-order valence-electron chi connectivity index (χ1n) is 9.05. The third kappa shape index (κ3) is 3.65. The SMILES string of the molecule is COc1cc(Cl)c(N2N=C(C)C(Br)(COC=C3C(=O)C(C)C(C)C3=O)C2=O)c(Cl)c1. The van der Waals surface area contributed by atoms with Gasteiger partial charge in [-0.1, -0.05) is 53.0 Å². The van der Waals surface area contributed by atoms with Gasteiger partial charge in [0, 0.05) is 24.0 Å². The quantitative estimate of drug-likeness (QED) is 0.253. The molecule has 10 heteroatoms. The van der Waals surface area contributed by atoms with Crippen LogP contribution < -0.4 is 9.75 Å². The number of benzene rings is 1. The van der Waals surface area contributed by atoms with Crippen molar-refractivity contribution in [3.05, 3.63) is 34.0 Å². The number of alkyl halides is 1. The van der Waals surface area contributed by atoms with Gasteiger partial charge < -0.3 is 9.47 Å². The van der Waals surface area contributed by atoms with Crippen molar-refractivity contribution in [2.45, 2.75) is 25.1 Å². The van der Waals surface area contributed by atoms with E-state index < -0.39 is 22.1 Å². The normalized spacial score (nSPS) is 26.4. The summed E-state index contributed by atoms with van der Waals surface area (Å²) < 4.78 is 9.31. The largest absolute Gasteiger partial charge is 0.498 e. The fraction of sp³-hybridized carbons (Fsp3) is 0.400. The fourth-order valence-corrected chi connectivity index (χ4v) is 4.21. The van der Waals surface area contributed by atoms with Crippen LogP contribution in [0.1, 0.15) is 20.8 Å². The molecule has 3 unspecified atom stereocenters. The maximum absolute atomic E-state index is 13.1. The van der Waals surface area contributed by atoms with E-state index in [9.17, 15) is 14.4 Å². The smallest absolute Gasteiger partial charge is 0.273 e. The fourth-order valence-electron chi connectivity index (χ4n) is 3.20. The highest BCUT2D eigenvalue weighted by Crippen LogP contribution is 2.42. The Morgan fingerprint density at radius 1 is 1.17 bits per heavy atom. The van der Waals surface area contributed by atoms with Gasteiger partial charge in [0.1, 0.15) is 18.0 Å². The molecule has 1 aromatic carbocycles. The summed E-state index contributed by atoms with van der Waals surface area (Å²) in [5.41, 5.74) is 0.621. The van der Waals surface area contributed by atoms with Crippen LogP contribution in [0, 0.1) is 11.8 Å². The standard InChI is InChI=1S/C20H19BrCl2N2O5/c1-9-10(2)18(27)13(17(9)26)7-30-8-20(21)11(3)24-25(19(20)28)16-14(22)5-12(29-4)6-15(16)23/h5-7,9-10H,8H2,1-4H3. The van der Waals surface area contributed by atoms with E-state index in [1.165, 1.54) is 19.2 Å². The van der Waals surface area contributed by atoms with Gasteiger partial charge in [-0.15, -0.1) is 0 Å². The van der Waals surface area contributed by atoms with Gasteiger partial charge in [0.15, 0.2) is 15.9 Å². The van der Waals surface area contributed by atoms with Crippen LogP contribution in [0.2, 0.25) is 10.0 Å². The lowest BCUT2D eigenvalue weighted by atomic mass is 10.00. The van der Waals surface area contributed by atoms with E-state index in [0.29, 0.717) is 11.5 Å². The Balaban J connectivity index is 1.83. The number of hydrogen-bond donors (Lipinski definition) is 0. The molecule has 3 rings (SSSR count). The molecular weight excluding hydrogens is 499 g/mol. The topological polar surface area (TPSA) is 85.3 Å². The van der Waals surface area contributed by atoms with Crippen molar-refractivity contribution in [3.63, 3.8) is 0 Å². The maximum Gasteiger partial charge on any atom is 0.273 e. The van der Waals surface area contributed by atoms with Crippen molar-refractivity contribution >= 4 is 68.0 Å². The molecule has 0 bridgehead atoms. The molecule has 1 aliphatic heterocycles. The van der Waals surface area contributed by atoms with E-state index in [1.807, 2.05) is 0 Å². The number of allylic oxidation sites excluding steroid dienone is 1. The second-order valence-corrected chi connectivity index (χ2v) is 9.36. The number of nitrogens with zero attached hydrogens (tertiary/aromatic N) is 2. The van der Waals surface area contributed by atoms with E-state index in [-0.39, 0.29) is 39.5 Å². The highest BCUT2D eigenvalue weighted by molar-refractivity contribution is 9.10. The van der Waals surface area contributed by atoms with Gasteiger partial charge in [-0.3, -0.25) is 14.4 Å². The van der Waals surface area contributed by atoms with Crippen LogP contribution in [0.15, 0.2) is 29.1 Å². The monoisotopic (exact) mass is 516 g/mol. The molecule has 160 valence electrons. The molecule has 2 aliphatic rings. The predicted octanol–water partition coefficient (Wildman–Crippen LogP) is 4.18. The molecule has 1 saturated carbocycles. The third-order valence-corrected chi connectivity index (χ3v) is 7.10. The predicted molar refractivity (Wildman–Crippen MR) is 118 cm³/mol. The molecule has 0 saturated heterocycles. The summed E-state index contributed by atoms with van der Waals surface area (Å²) in [6.45, 7) is 4.87. The van der Waals surface area contributed by atoms with Crippen LogP contribution in [-0.4, -0.2) is 41.2 Å². The number of amides is 1. The Morgan fingerprint density at radius 2 is 1.70 bits per heavy atom. The van der Waals surface area contributed by atoms with Gasteiger partial charge in [-0.05, 0) is 6.92 Å². The first-order chi connectivity index (χ1) is 14.0. The van der Waals surface area contributed by atoms with Gasteiger partial charge in [0.05, 0.1) is 34.7 Å². The first-order valence-corrected chi connectivity index (χ1v) is 10.6. The zero-order valence-corrected chi connectivity index (χ0v) is 19.8. The van der Waals surface area contributed by atoms with E-state index in [1.54, 1.807) is 20.8 Å². The minimum atomic E-state index is -1.31. The summed E-state index contributed by atoms with van der Waals surface area (Å²) in [7, 11) is 1.47. The van der Waals surface area contributed by atoms with Crippen molar-refractivity contribution in [1.82, 2.24) is 0 Å². The summed E-state index contributed by atoms with van der Waals surface area (Å²) in [5, 5.41) is 5.76. The number of anilines is 1. The number of rotatable bonds is 5. The molecule has 1 fully saturated rings. The number of ketones is 2. The maximum atomic E-state index is 13.1. The van der Waals surface area contributed by atoms with Crippen molar-refractivity contribution in [1.29, 1.82) is 0 Å². The Labute approximate surface area is 192 Å². The van der Waals surface area contributed by atoms with Crippen LogP contribution in [0.4, 0.5) is 5.69 Å². The van der Waals surface area contributed by atoms with Crippen LogP contribution in [-0.2, 0) is 19.1 Å². The summed E-state index contributed by atoms with van der Waals surface area (Å²) in [5.74, 6) is -1.35. The molecule has 1 amide bonds. The van der Waals surface area contributed by atoms with Crippen LogP contribution in [0.3, 0.4) is 0 Å². The Kier molecular flexibility index (Phi) is 6.32. The summed E-state index contributed by atoms with van der Waals surface area (Å²) in [4.78, 5) is 37.6. The van der Waals surface area contributed by atoms with E-state index >= 15 is 0 Å². The highest BCUT2D eigenvalue weighted by atomic mass is 79.9. The number of Topliss-reactive ketones (excluding diaryl/α,β-unsaturated/α-hetero) is 2. The number of ether oxygens (including phenoxy) is 2. The van der Waals surface area contributed by atoms with Gasteiger partial charge in [-0.2, -0.15) is 10.1 Å². The summed E-state index contributed by atoms with van der Waals surface area (Å²) in [6, 6.07) is 3.05. The highest BCUT2D eigenvalue weighted by Gasteiger charge is 2.50. The number of carbonyl (C=O) groups is 3. The zero-order chi connectivity index (χ0) is 22.4. The minimum Gasteiger partial charge on any atom is -0.498 e. The van der Waals surface area contributed by atoms with Crippen molar-refractivity contribution in [2.24, 2.45) is 16.9 Å². The molecule has 0 radical (unpaired) electrons. The number of hydrazone groups is 1. The number of carbonyl (C=O) groups excluding carboxylic acids is 3. The van der Waals surface area contributed by atoms with Crippen LogP contribution >= 0.6 is 39.1 Å².